The fourth-order valence-electron chi connectivity index (χ4n) is 0. The first-order valence-electron chi connectivity index (χ1n) is 0.204. The Bertz CT molecular complexity index is 12.8. The first-order valence-corrected chi connectivity index (χ1v) is 0.204. The predicted molar refractivity (Wildman–Crippen MR) is 19.3 cm³/mol. The van der Waals surface area contributed by atoms with Crippen molar-refractivity contribution in [2.75, 3.05) is 0 Å². The summed E-state index contributed by atoms with van der Waals surface area (Å²) in [4.78, 5) is 0. The van der Waals surface area contributed by atoms with Crippen LogP contribution in [0.25, 0.3) is 0 Å². The van der Waals surface area contributed by atoms with Crippen molar-refractivity contribution in [3.8, 4) is 0 Å². The van der Waals surface area contributed by atoms with E-state index in [9.17, 15) is 0 Å². The molecule has 0 bridgehead atoms. The summed E-state index contributed by atoms with van der Waals surface area (Å²) in [6.45, 7) is 4.50. The summed E-state index contributed by atoms with van der Waals surface area (Å²) >= 11 is 0. The van der Waals surface area contributed by atoms with Crippen LogP contribution in [0.2, 0.25) is 0 Å². The van der Waals surface area contributed by atoms with Gasteiger partial charge in [-0.25, -0.2) is 0 Å². The summed E-state index contributed by atoms with van der Waals surface area (Å²) in [6.07, 6.45) is 0. The summed E-state index contributed by atoms with van der Waals surface area (Å²) in [5, 5.41) is 0. The Labute approximate surface area is 31.9 Å². The van der Waals surface area contributed by atoms with Gasteiger partial charge in [-0.2, -0.15) is 13.5 Å². The Morgan fingerprint density at radius 1 is 1.25 bits per heavy atom. The van der Waals surface area contributed by atoms with Crippen molar-refractivity contribution in [3.05, 3.63) is 6.65 Å². The molecule has 3 N–H and O–H groups in total. The predicted octanol–water partition coefficient (Wildman–Crippen LogP) is 0.237. The van der Waals surface area contributed by atoms with E-state index in [0.717, 1.165) is 0 Å². The SMILES string of the molecule is N.S.[C-]#[O+]. The molecule has 0 saturated carbocycles. The van der Waals surface area contributed by atoms with Crippen molar-refractivity contribution < 1.29 is 4.65 Å². The monoisotopic (exact) mass is 79.0 g/mol. The third-order valence-corrected chi connectivity index (χ3v) is 0. The van der Waals surface area contributed by atoms with Gasteiger partial charge in [-0.15, -0.1) is 0 Å². The van der Waals surface area contributed by atoms with Gasteiger partial charge in [0.1, 0.15) is 0 Å². The summed E-state index contributed by atoms with van der Waals surface area (Å²) in [5.74, 6) is 0. The van der Waals surface area contributed by atoms with Gasteiger partial charge in [-0.05, 0) is 0 Å². The zero-order chi connectivity index (χ0) is 2.00. The second-order valence-corrected chi connectivity index (χ2v) is 0. The van der Waals surface area contributed by atoms with Crippen LogP contribution in [0.4, 0.5) is 0 Å². The van der Waals surface area contributed by atoms with Crippen molar-refractivity contribution in [1.82, 2.24) is 6.15 Å². The Hall–Kier alpha value is 0.0500. The molecule has 0 aliphatic heterocycles. The van der Waals surface area contributed by atoms with Crippen LogP contribution in [0.1, 0.15) is 0 Å². The molecular formula is CH5NOS. The third kappa shape index (κ3) is 904. The molecular weight excluding hydrogens is 74.1 g/mol. The van der Waals surface area contributed by atoms with Gasteiger partial charge >= 0.3 is 11.3 Å². The minimum atomic E-state index is 0. The molecule has 0 saturated heterocycles. The number of hydrogen-bond acceptors (Lipinski definition) is 1. The van der Waals surface area contributed by atoms with Gasteiger partial charge in [-0.3, -0.25) is 0 Å². The molecule has 0 amide bonds. The van der Waals surface area contributed by atoms with E-state index in [0.29, 0.717) is 0 Å². The van der Waals surface area contributed by atoms with E-state index < -0.39 is 0 Å². The molecule has 0 aromatic rings. The molecule has 0 aliphatic rings. The van der Waals surface area contributed by atoms with E-state index in [2.05, 4.69) is 6.65 Å². The summed E-state index contributed by atoms with van der Waals surface area (Å²) in [6, 6.07) is 0. The molecule has 0 aromatic carbocycles. The van der Waals surface area contributed by atoms with E-state index in [4.69, 9.17) is 4.65 Å². The Morgan fingerprint density at radius 2 is 1.25 bits per heavy atom. The topological polar surface area (TPSA) is 54.9 Å². The molecule has 0 unspecified atom stereocenters. The van der Waals surface area contributed by atoms with Gasteiger partial charge < -0.3 is 6.15 Å². The Morgan fingerprint density at radius 3 is 1.25 bits per heavy atom. The second kappa shape index (κ2) is 5130. The fraction of sp³-hybridized carbons (Fsp3) is 0. The van der Waals surface area contributed by atoms with Crippen molar-refractivity contribution >= 4 is 13.5 Å². The first kappa shape index (κ1) is 34.2. The van der Waals surface area contributed by atoms with Crippen LogP contribution in [0, 0.1) is 6.65 Å². The molecule has 0 radical (unpaired) electrons. The average molecular weight is 79.1 g/mol. The van der Waals surface area contributed by atoms with Gasteiger partial charge in [-0.1, -0.05) is 0 Å². The van der Waals surface area contributed by atoms with E-state index in [-0.39, 0.29) is 19.6 Å². The summed E-state index contributed by atoms with van der Waals surface area (Å²) in [7, 11) is 0. The maximum atomic E-state index is 7.50. The van der Waals surface area contributed by atoms with Crippen molar-refractivity contribution in [2.24, 2.45) is 0 Å². The van der Waals surface area contributed by atoms with Gasteiger partial charge in [0.2, 0.25) is 0 Å². The Kier molecular flexibility index (Phi) is 43800. The molecule has 0 heterocycles. The van der Waals surface area contributed by atoms with Gasteiger partial charge in [0, 0.05) is 0 Å². The molecule has 0 atom stereocenters. The molecule has 0 fully saturated rings. The number of hydrogen-bond donors (Lipinski definition) is 1. The molecule has 0 spiro atoms. The molecule has 3 heteroatoms. The Balaban J connectivity index is -0.00000000500. The molecule has 4 heavy (non-hydrogen) atoms. The van der Waals surface area contributed by atoms with Crippen LogP contribution >= 0.6 is 13.5 Å². The van der Waals surface area contributed by atoms with Gasteiger partial charge in [0.15, 0.2) is 0 Å². The van der Waals surface area contributed by atoms with Crippen LogP contribution in [0.15, 0.2) is 0 Å². The van der Waals surface area contributed by atoms with Crippen LogP contribution in [0.5, 0.6) is 0 Å². The fourth-order valence-corrected chi connectivity index (χ4v) is 0. The van der Waals surface area contributed by atoms with Crippen LogP contribution in [-0.2, 0) is 4.65 Å². The number of rotatable bonds is 0. The average Bonchev–Trinajstić information content (AvgIpc) is 1.00. The molecule has 26 valence electrons. The molecule has 2 nitrogen and oxygen atoms in total. The molecule has 0 aromatic heterocycles. The van der Waals surface area contributed by atoms with E-state index in [1.165, 1.54) is 0 Å². The third-order valence-electron chi connectivity index (χ3n) is 0. The van der Waals surface area contributed by atoms with Crippen molar-refractivity contribution in [3.63, 3.8) is 0 Å². The zero-order valence-corrected chi connectivity index (χ0v) is 3.12. The minimum absolute atomic E-state index is 0. The normalized spacial score (nSPS) is 0.500. The van der Waals surface area contributed by atoms with Crippen molar-refractivity contribution in [2.45, 2.75) is 0 Å². The molecule has 0 rings (SSSR count). The summed E-state index contributed by atoms with van der Waals surface area (Å²) < 4.78 is 7.50. The van der Waals surface area contributed by atoms with Crippen molar-refractivity contribution in [1.29, 1.82) is 0 Å². The first-order chi connectivity index (χ1) is 1.00. The standard InChI is InChI=1S/CO.H3N.H2S/c1-2;;/h;1H3;1H2. The van der Waals surface area contributed by atoms with E-state index in [1.807, 2.05) is 0 Å². The van der Waals surface area contributed by atoms with Crippen LogP contribution < -0.4 is 6.15 Å². The van der Waals surface area contributed by atoms with Gasteiger partial charge in [0.05, 0.1) is 0 Å². The maximum absolute atomic E-state index is 7.50. The molecule has 0 aliphatic carbocycles. The van der Waals surface area contributed by atoms with Gasteiger partial charge in [0.25, 0.3) is 0 Å². The van der Waals surface area contributed by atoms with E-state index >= 15 is 0 Å². The summed E-state index contributed by atoms with van der Waals surface area (Å²) in [5.41, 5.74) is 0. The van der Waals surface area contributed by atoms with Crippen LogP contribution in [0.3, 0.4) is 0 Å². The second-order valence-electron chi connectivity index (χ2n) is 0. The van der Waals surface area contributed by atoms with Crippen LogP contribution in [-0.4, -0.2) is 0 Å². The zero-order valence-electron chi connectivity index (χ0n) is 2.12. The quantitative estimate of drug-likeness (QED) is 0.328. The van der Waals surface area contributed by atoms with E-state index in [1.54, 1.807) is 0 Å².